The van der Waals surface area contributed by atoms with Gasteiger partial charge in [0, 0.05) is 23.8 Å². The maximum atomic E-state index is 10.2. The Morgan fingerprint density at radius 1 is 1.33 bits per heavy atom. The number of aliphatic hydroxyl groups is 1. The van der Waals surface area contributed by atoms with Crippen molar-refractivity contribution in [2.75, 3.05) is 11.4 Å². The minimum atomic E-state index is -0.340. The molecule has 1 aromatic carbocycles. The quantitative estimate of drug-likeness (QED) is 0.879. The molecule has 18 heavy (non-hydrogen) atoms. The largest absolute Gasteiger partial charge is 0.388 e. The van der Waals surface area contributed by atoms with Crippen LogP contribution in [0.4, 0.5) is 5.69 Å². The standard InChI is InChI=1S/C16H25NO/c1-4-16(18)14-7-5-6-8-15(14)17-10-9-12(2)11-13(17)3/h5-8,12-13,16,18H,4,9-11H2,1-3H3. The Hall–Kier alpha value is -1.02. The molecule has 3 atom stereocenters. The number of aliphatic hydroxyl groups excluding tert-OH is 1. The number of benzene rings is 1. The first-order chi connectivity index (χ1) is 8.63. The molecule has 0 spiro atoms. The van der Waals surface area contributed by atoms with Crippen LogP contribution in [0.25, 0.3) is 0 Å². The van der Waals surface area contributed by atoms with Gasteiger partial charge >= 0.3 is 0 Å². The zero-order valence-electron chi connectivity index (χ0n) is 11.8. The average molecular weight is 247 g/mol. The van der Waals surface area contributed by atoms with Crippen LogP contribution in [0, 0.1) is 5.92 Å². The van der Waals surface area contributed by atoms with Crippen molar-refractivity contribution >= 4 is 5.69 Å². The van der Waals surface area contributed by atoms with Gasteiger partial charge in [-0.15, -0.1) is 0 Å². The monoisotopic (exact) mass is 247 g/mol. The van der Waals surface area contributed by atoms with Crippen LogP contribution in [0.1, 0.15) is 51.7 Å². The average Bonchev–Trinajstić information content (AvgIpc) is 2.38. The molecular formula is C16H25NO. The summed E-state index contributed by atoms with van der Waals surface area (Å²) in [6, 6.07) is 8.88. The molecule has 0 radical (unpaired) electrons. The summed E-state index contributed by atoms with van der Waals surface area (Å²) < 4.78 is 0. The lowest BCUT2D eigenvalue weighted by molar-refractivity contribution is 0.173. The topological polar surface area (TPSA) is 23.5 Å². The summed E-state index contributed by atoms with van der Waals surface area (Å²) in [6.45, 7) is 7.77. The lowest BCUT2D eigenvalue weighted by Crippen LogP contribution is -2.40. The Balaban J connectivity index is 2.27. The first-order valence-corrected chi connectivity index (χ1v) is 7.17. The van der Waals surface area contributed by atoms with Crippen molar-refractivity contribution in [3.63, 3.8) is 0 Å². The van der Waals surface area contributed by atoms with E-state index in [0.717, 1.165) is 24.4 Å². The summed E-state index contributed by atoms with van der Waals surface area (Å²) in [5.41, 5.74) is 2.31. The lowest BCUT2D eigenvalue weighted by Gasteiger charge is -2.39. The van der Waals surface area contributed by atoms with Gasteiger partial charge in [0.1, 0.15) is 0 Å². The highest BCUT2D eigenvalue weighted by atomic mass is 16.3. The molecule has 0 aromatic heterocycles. The fraction of sp³-hybridized carbons (Fsp3) is 0.625. The third kappa shape index (κ3) is 2.69. The van der Waals surface area contributed by atoms with Gasteiger partial charge < -0.3 is 10.0 Å². The van der Waals surface area contributed by atoms with Gasteiger partial charge in [-0.05, 0) is 38.2 Å². The van der Waals surface area contributed by atoms with E-state index < -0.39 is 0 Å². The highest BCUT2D eigenvalue weighted by Crippen LogP contribution is 2.33. The van der Waals surface area contributed by atoms with E-state index in [4.69, 9.17) is 0 Å². The van der Waals surface area contributed by atoms with E-state index >= 15 is 0 Å². The fourth-order valence-electron chi connectivity index (χ4n) is 3.02. The molecule has 1 aliphatic rings. The Labute approximate surface area is 111 Å². The summed E-state index contributed by atoms with van der Waals surface area (Å²) in [7, 11) is 0. The van der Waals surface area contributed by atoms with Gasteiger partial charge in [0.15, 0.2) is 0 Å². The lowest BCUT2D eigenvalue weighted by atomic mass is 9.92. The maximum Gasteiger partial charge on any atom is 0.0807 e. The molecule has 1 aromatic rings. The van der Waals surface area contributed by atoms with Gasteiger partial charge in [-0.25, -0.2) is 0 Å². The summed E-state index contributed by atoms with van der Waals surface area (Å²) >= 11 is 0. The third-order valence-electron chi connectivity index (χ3n) is 4.13. The van der Waals surface area contributed by atoms with E-state index in [0.29, 0.717) is 6.04 Å². The van der Waals surface area contributed by atoms with Crippen LogP contribution in [0.2, 0.25) is 0 Å². The molecule has 0 saturated carbocycles. The molecule has 2 nitrogen and oxygen atoms in total. The number of anilines is 1. The molecule has 0 amide bonds. The molecular weight excluding hydrogens is 222 g/mol. The summed E-state index contributed by atoms with van der Waals surface area (Å²) in [4.78, 5) is 2.47. The molecule has 100 valence electrons. The normalized spacial score (nSPS) is 26.1. The van der Waals surface area contributed by atoms with Gasteiger partial charge in [0.05, 0.1) is 6.10 Å². The fourth-order valence-corrected chi connectivity index (χ4v) is 3.02. The van der Waals surface area contributed by atoms with E-state index in [-0.39, 0.29) is 6.10 Å². The third-order valence-corrected chi connectivity index (χ3v) is 4.13. The van der Waals surface area contributed by atoms with E-state index in [1.807, 2.05) is 13.0 Å². The van der Waals surface area contributed by atoms with Crippen LogP contribution in [-0.2, 0) is 0 Å². The van der Waals surface area contributed by atoms with Crippen molar-refractivity contribution in [2.45, 2.75) is 52.2 Å². The SMILES string of the molecule is CCC(O)c1ccccc1N1CCC(C)CC1C. The van der Waals surface area contributed by atoms with Gasteiger partial charge in [-0.3, -0.25) is 0 Å². The molecule has 3 unspecified atom stereocenters. The second-order valence-corrected chi connectivity index (χ2v) is 5.65. The molecule has 1 saturated heterocycles. The van der Waals surface area contributed by atoms with Gasteiger partial charge in [-0.1, -0.05) is 32.0 Å². The van der Waals surface area contributed by atoms with E-state index in [2.05, 4.69) is 36.9 Å². The second kappa shape index (κ2) is 5.75. The Morgan fingerprint density at radius 3 is 2.72 bits per heavy atom. The van der Waals surface area contributed by atoms with Crippen molar-refractivity contribution in [2.24, 2.45) is 5.92 Å². The number of para-hydroxylation sites is 1. The van der Waals surface area contributed by atoms with Crippen molar-refractivity contribution in [3.8, 4) is 0 Å². The number of nitrogens with zero attached hydrogens (tertiary/aromatic N) is 1. The van der Waals surface area contributed by atoms with Crippen LogP contribution < -0.4 is 4.90 Å². The Kier molecular flexibility index (Phi) is 4.28. The van der Waals surface area contributed by atoms with Crippen LogP contribution in [0.15, 0.2) is 24.3 Å². The van der Waals surface area contributed by atoms with E-state index in [9.17, 15) is 5.11 Å². The molecule has 0 aliphatic carbocycles. The Morgan fingerprint density at radius 2 is 2.06 bits per heavy atom. The molecule has 1 heterocycles. The minimum absolute atomic E-state index is 0.340. The van der Waals surface area contributed by atoms with Crippen LogP contribution >= 0.6 is 0 Å². The van der Waals surface area contributed by atoms with Gasteiger partial charge in [-0.2, -0.15) is 0 Å². The highest BCUT2D eigenvalue weighted by Gasteiger charge is 2.25. The smallest absolute Gasteiger partial charge is 0.0807 e. The summed E-state index contributed by atoms with van der Waals surface area (Å²) in [6.07, 6.45) is 2.93. The molecule has 1 fully saturated rings. The summed E-state index contributed by atoms with van der Waals surface area (Å²) in [5, 5.41) is 10.2. The number of piperidine rings is 1. The van der Waals surface area contributed by atoms with Crippen molar-refractivity contribution < 1.29 is 5.11 Å². The zero-order valence-corrected chi connectivity index (χ0v) is 11.8. The first-order valence-electron chi connectivity index (χ1n) is 7.17. The van der Waals surface area contributed by atoms with Crippen molar-refractivity contribution in [3.05, 3.63) is 29.8 Å². The first kappa shape index (κ1) is 13.4. The minimum Gasteiger partial charge on any atom is -0.388 e. The van der Waals surface area contributed by atoms with Crippen LogP contribution in [0.5, 0.6) is 0 Å². The van der Waals surface area contributed by atoms with Gasteiger partial charge in [0.2, 0.25) is 0 Å². The molecule has 2 heteroatoms. The van der Waals surface area contributed by atoms with Crippen molar-refractivity contribution in [1.29, 1.82) is 0 Å². The maximum absolute atomic E-state index is 10.2. The molecule has 0 bridgehead atoms. The van der Waals surface area contributed by atoms with Gasteiger partial charge in [0.25, 0.3) is 0 Å². The van der Waals surface area contributed by atoms with Crippen molar-refractivity contribution in [1.82, 2.24) is 0 Å². The molecule has 1 aliphatic heterocycles. The van der Waals surface area contributed by atoms with Crippen LogP contribution in [0.3, 0.4) is 0 Å². The van der Waals surface area contributed by atoms with Crippen LogP contribution in [-0.4, -0.2) is 17.7 Å². The number of hydrogen-bond donors (Lipinski definition) is 1. The number of hydrogen-bond acceptors (Lipinski definition) is 2. The Bertz CT molecular complexity index is 390. The summed E-state index contributed by atoms with van der Waals surface area (Å²) in [5.74, 6) is 0.819. The molecule has 1 N–H and O–H groups in total. The predicted molar refractivity (Wildman–Crippen MR) is 76.9 cm³/mol. The second-order valence-electron chi connectivity index (χ2n) is 5.65. The van der Waals surface area contributed by atoms with E-state index in [1.165, 1.54) is 18.5 Å². The molecule has 2 rings (SSSR count). The van der Waals surface area contributed by atoms with E-state index in [1.54, 1.807) is 0 Å². The highest BCUT2D eigenvalue weighted by molar-refractivity contribution is 5.55. The zero-order chi connectivity index (χ0) is 13.1. The number of rotatable bonds is 3. The predicted octanol–water partition coefficient (Wildman–Crippen LogP) is 3.75.